The summed E-state index contributed by atoms with van der Waals surface area (Å²) in [6, 6.07) is 0. The van der Waals surface area contributed by atoms with E-state index < -0.39 is 5.97 Å². The van der Waals surface area contributed by atoms with Gasteiger partial charge in [-0.05, 0) is 30.7 Å². The van der Waals surface area contributed by atoms with Gasteiger partial charge in [0.25, 0.3) is 0 Å². The number of hydrogen-bond acceptors (Lipinski definition) is 4. The van der Waals surface area contributed by atoms with Gasteiger partial charge < -0.3 is 14.6 Å². The summed E-state index contributed by atoms with van der Waals surface area (Å²) < 4.78 is 4.82. The Morgan fingerprint density at radius 2 is 1.79 bits per heavy atom. The largest absolute Gasteiger partial charge is 0.465 e. The highest BCUT2D eigenvalue weighted by Crippen LogP contribution is 2.24. The van der Waals surface area contributed by atoms with Crippen LogP contribution in [0.1, 0.15) is 59.3 Å². The molecule has 24 heavy (non-hydrogen) atoms. The van der Waals surface area contributed by atoms with Gasteiger partial charge in [-0.2, -0.15) is 0 Å². The monoisotopic (exact) mass is 334 g/mol. The molecule has 1 fully saturated rings. The molecule has 1 aromatic rings. The first-order valence-corrected chi connectivity index (χ1v) is 8.33. The molecular weight excluding hydrogens is 308 g/mol. The summed E-state index contributed by atoms with van der Waals surface area (Å²) in [5, 5.41) is 0. The number of aromatic nitrogens is 1. The van der Waals surface area contributed by atoms with E-state index >= 15 is 0 Å². The van der Waals surface area contributed by atoms with Crippen LogP contribution in [-0.2, 0) is 16.0 Å². The fraction of sp³-hybridized carbons (Fsp3) is 0.611. The molecule has 1 aliphatic heterocycles. The van der Waals surface area contributed by atoms with Gasteiger partial charge in [0.1, 0.15) is 0 Å². The van der Waals surface area contributed by atoms with Gasteiger partial charge >= 0.3 is 5.97 Å². The average molecular weight is 334 g/mol. The molecule has 2 atom stereocenters. The number of nitrogens with zero attached hydrogens (tertiary/aromatic N) is 1. The first kappa shape index (κ1) is 18.2. The minimum absolute atomic E-state index is 0.0325. The van der Waals surface area contributed by atoms with Crippen molar-refractivity contribution in [3.63, 3.8) is 0 Å². The van der Waals surface area contributed by atoms with Crippen molar-refractivity contribution in [2.24, 2.45) is 11.8 Å². The molecule has 0 spiro atoms. The number of rotatable bonds is 4. The van der Waals surface area contributed by atoms with E-state index in [1.807, 2.05) is 4.90 Å². The number of hydrogen-bond donors (Lipinski definition) is 1. The zero-order valence-corrected chi connectivity index (χ0v) is 15.1. The number of amides is 1. The number of piperidine rings is 1. The first-order chi connectivity index (χ1) is 11.2. The third-order valence-electron chi connectivity index (χ3n) is 4.62. The molecule has 0 aromatic carbocycles. The molecule has 132 valence electrons. The minimum Gasteiger partial charge on any atom is -0.465 e. The highest BCUT2D eigenvalue weighted by Gasteiger charge is 2.29. The van der Waals surface area contributed by atoms with Crippen molar-refractivity contribution in [3.05, 3.63) is 22.5 Å². The summed E-state index contributed by atoms with van der Waals surface area (Å²) in [5.74, 6) is 0.206. The molecule has 1 amide bonds. The van der Waals surface area contributed by atoms with E-state index in [9.17, 15) is 14.4 Å². The second-order valence-corrected chi connectivity index (χ2v) is 6.95. The number of carbonyl (C=O) groups is 3. The summed E-state index contributed by atoms with van der Waals surface area (Å²) >= 11 is 0. The normalized spacial score (nSPS) is 20.8. The standard InChI is InChI=1S/C18H26N2O4/c1-10-6-11(2)9-20(8-10)15(22)7-14-16(18(23)24-5)12(3)17(19-14)13(4)21/h10-11,19H,6-9H2,1-5H3/t10-,11-/m1/s1. The molecule has 0 radical (unpaired) electrons. The Morgan fingerprint density at radius 1 is 1.21 bits per heavy atom. The lowest BCUT2D eigenvalue weighted by Gasteiger charge is -2.35. The molecule has 0 bridgehead atoms. The van der Waals surface area contributed by atoms with Crippen LogP contribution in [-0.4, -0.2) is 47.7 Å². The van der Waals surface area contributed by atoms with Crippen LogP contribution < -0.4 is 0 Å². The van der Waals surface area contributed by atoms with Gasteiger partial charge in [0.2, 0.25) is 5.91 Å². The van der Waals surface area contributed by atoms with Crippen LogP contribution >= 0.6 is 0 Å². The fourth-order valence-corrected chi connectivity index (χ4v) is 3.65. The van der Waals surface area contributed by atoms with Gasteiger partial charge in [-0.15, -0.1) is 0 Å². The number of likely N-dealkylation sites (tertiary alicyclic amines) is 1. The van der Waals surface area contributed by atoms with E-state index in [4.69, 9.17) is 4.74 Å². The third-order valence-corrected chi connectivity index (χ3v) is 4.62. The Hall–Kier alpha value is -2.11. The first-order valence-electron chi connectivity index (χ1n) is 8.33. The molecule has 6 nitrogen and oxygen atoms in total. The van der Waals surface area contributed by atoms with E-state index in [1.165, 1.54) is 14.0 Å². The number of Topliss-reactive ketones (excluding diaryl/α,β-unsaturated/α-hetero) is 1. The van der Waals surface area contributed by atoms with Gasteiger partial charge in [-0.3, -0.25) is 9.59 Å². The number of ketones is 1. The predicted molar refractivity (Wildman–Crippen MR) is 90.1 cm³/mol. The molecule has 0 unspecified atom stereocenters. The van der Waals surface area contributed by atoms with Crippen molar-refractivity contribution in [2.45, 2.75) is 40.5 Å². The van der Waals surface area contributed by atoms with Gasteiger partial charge in [-0.1, -0.05) is 13.8 Å². The van der Waals surface area contributed by atoms with Crippen LogP contribution in [0.15, 0.2) is 0 Å². The zero-order valence-electron chi connectivity index (χ0n) is 15.1. The van der Waals surface area contributed by atoms with Crippen molar-refractivity contribution >= 4 is 17.7 Å². The van der Waals surface area contributed by atoms with Gasteiger partial charge in [0.15, 0.2) is 5.78 Å². The van der Waals surface area contributed by atoms with E-state index in [1.54, 1.807) is 6.92 Å². The quantitative estimate of drug-likeness (QED) is 0.677. The SMILES string of the molecule is COC(=O)c1c(CC(=O)N2C[C@H](C)C[C@@H](C)C2)[nH]c(C(C)=O)c1C. The second-order valence-electron chi connectivity index (χ2n) is 6.95. The molecular formula is C18H26N2O4. The van der Waals surface area contributed by atoms with Crippen molar-refractivity contribution in [3.8, 4) is 0 Å². The number of esters is 1. The van der Waals surface area contributed by atoms with Crippen LogP contribution in [0.3, 0.4) is 0 Å². The summed E-state index contributed by atoms with van der Waals surface area (Å²) in [6.45, 7) is 8.87. The maximum Gasteiger partial charge on any atom is 0.339 e. The number of methoxy groups -OCH3 is 1. The van der Waals surface area contributed by atoms with Crippen molar-refractivity contribution < 1.29 is 19.1 Å². The second kappa shape index (κ2) is 7.20. The highest BCUT2D eigenvalue weighted by molar-refractivity contribution is 6.01. The third kappa shape index (κ3) is 3.68. The topological polar surface area (TPSA) is 79.5 Å². The lowest BCUT2D eigenvalue weighted by Crippen LogP contribution is -2.43. The Labute approximate surface area is 142 Å². The summed E-state index contributed by atoms with van der Waals surface area (Å²) in [5.41, 5.74) is 1.66. The van der Waals surface area contributed by atoms with Gasteiger partial charge in [-0.25, -0.2) is 4.79 Å². The number of H-pyrrole nitrogens is 1. The number of aromatic amines is 1. The number of carbonyl (C=O) groups excluding carboxylic acids is 3. The molecule has 0 aliphatic carbocycles. The predicted octanol–water partition coefficient (Wildman–Crippen LogP) is 2.36. The summed E-state index contributed by atoms with van der Waals surface area (Å²) in [4.78, 5) is 41.3. The Balaban J connectivity index is 2.28. The van der Waals surface area contributed by atoms with Crippen LogP contribution in [0, 0.1) is 18.8 Å². The molecule has 2 rings (SSSR count). The summed E-state index contributed by atoms with van der Waals surface area (Å²) in [7, 11) is 1.29. The van der Waals surface area contributed by atoms with E-state index in [0.29, 0.717) is 34.4 Å². The smallest absolute Gasteiger partial charge is 0.339 e. The van der Waals surface area contributed by atoms with E-state index in [2.05, 4.69) is 18.8 Å². The maximum absolute atomic E-state index is 12.7. The number of nitrogens with one attached hydrogen (secondary N) is 1. The molecule has 0 saturated carbocycles. The average Bonchev–Trinajstić information content (AvgIpc) is 2.82. The van der Waals surface area contributed by atoms with Gasteiger partial charge in [0.05, 0.1) is 24.8 Å². The molecule has 1 aromatic heterocycles. The molecule has 1 aliphatic rings. The van der Waals surface area contributed by atoms with Crippen LogP contribution in [0.2, 0.25) is 0 Å². The Morgan fingerprint density at radius 3 is 2.29 bits per heavy atom. The zero-order chi connectivity index (χ0) is 18.0. The van der Waals surface area contributed by atoms with Crippen LogP contribution in [0.5, 0.6) is 0 Å². The highest BCUT2D eigenvalue weighted by atomic mass is 16.5. The molecule has 2 heterocycles. The lowest BCUT2D eigenvalue weighted by molar-refractivity contribution is -0.133. The minimum atomic E-state index is -0.528. The van der Waals surface area contributed by atoms with Crippen LogP contribution in [0.25, 0.3) is 0 Å². The van der Waals surface area contributed by atoms with Gasteiger partial charge in [0, 0.05) is 25.7 Å². The molecule has 1 saturated heterocycles. The Bertz CT molecular complexity index is 652. The Kier molecular flexibility index (Phi) is 5.47. The maximum atomic E-state index is 12.7. The lowest BCUT2D eigenvalue weighted by atomic mass is 9.91. The van der Waals surface area contributed by atoms with E-state index in [-0.39, 0.29) is 18.1 Å². The molecule has 1 N–H and O–H groups in total. The fourth-order valence-electron chi connectivity index (χ4n) is 3.65. The van der Waals surface area contributed by atoms with Crippen molar-refractivity contribution in [2.75, 3.05) is 20.2 Å². The van der Waals surface area contributed by atoms with Crippen molar-refractivity contribution in [1.82, 2.24) is 9.88 Å². The summed E-state index contributed by atoms with van der Waals surface area (Å²) in [6.07, 6.45) is 1.19. The van der Waals surface area contributed by atoms with Crippen molar-refractivity contribution in [1.29, 1.82) is 0 Å². The number of ether oxygens (including phenoxy) is 1. The van der Waals surface area contributed by atoms with Crippen LogP contribution in [0.4, 0.5) is 0 Å². The molecule has 6 heteroatoms. The van der Waals surface area contributed by atoms with E-state index in [0.717, 1.165) is 19.5 Å².